The number of para-hydroxylation sites is 1. The van der Waals surface area contributed by atoms with Crippen LogP contribution in [0.4, 0.5) is 0 Å². The van der Waals surface area contributed by atoms with E-state index >= 15 is 0 Å². The fourth-order valence-electron chi connectivity index (χ4n) is 2.19. The lowest BCUT2D eigenvalue weighted by atomic mass is 10.1. The van der Waals surface area contributed by atoms with E-state index in [1.165, 1.54) is 0 Å². The lowest BCUT2D eigenvalue weighted by Crippen LogP contribution is -2.31. The molecule has 1 unspecified atom stereocenters. The van der Waals surface area contributed by atoms with Crippen LogP contribution < -0.4 is 5.73 Å². The highest BCUT2D eigenvalue weighted by Crippen LogP contribution is 2.20. The maximum Gasteiger partial charge on any atom is 0.227 e. The zero-order valence-corrected chi connectivity index (χ0v) is 9.80. The van der Waals surface area contributed by atoms with E-state index in [2.05, 4.69) is 0 Å². The van der Waals surface area contributed by atoms with E-state index in [1.54, 1.807) is 18.2 Å². The molecule has 0 radical (unpaired) electrons. The van der Waals surface area contributed by atoms with Gasteiger partial charge >= 0.3 is 0 Å². The SMILES string of the molecule is NCC1CCN(C(=O)Cc2ccccc2O)C1. The van der Waals surface area contributed by atoms with Gasteiger partial charge in [-0.05, 0) is 24.9 Å². The molecule has 1 aliphatic rings. The molecule has 0 saturated carbocycles. The van der Waals surface area contributed by atoms with E-state index in [4.69, 9.17) is 5.73 Å². The van der Waals surface area contributed by atoms with Crippen LogP contribution in [0.25, 0.3) is 0 Å². The Bertz CT molecular complexity index is 406. The second-order valence-electron chi connectivity index (χ2n) is 4.54. The van der Waals surface area contributed by atoms with Crippen LogP contribution in [-0.2, 0) is 11.2 Å². The van der Waals surface area contributed by atoms with Crippen LogP contribution in [0.1, 0.15) is 12.0 Å². The normalized spacial score (nSPS) is 19.6. The van der Waals surface area contributed by atoms with Crippen molar-refractivity contribution in [3.8, 4) is 5.75 Å². The summed E-state index contributed by atoms with van der Waals surface area (Å²) in [6.07, 6.45) is 1.26. The highest BCUT2D eigenvalue weighted by Gasteiger charge is 2.25. The van der Waals surface area contributed by atoms with E-state index in [0.717, 1.165) is 19.5 Å². The monoisotopic (exact) mass is 234 g/mol. The largest absolute Gasteiger partial charge is 0.508 e. The van der Waals surface area contributed by atoms with Gasteiger partial charge in [0.05, 0.1) is 6.42 Å². The first-order chi connectivity index (χ1) is 8.20. The van der Waals surface area contributed by atoms with Gasteiger partial charge in [0.25, 0.3) is 0 Å². The molecule has 4 nitrogen and oxygen atoms in total. The van der Waals surface area contributed by atoms with Gasteiger partial charge in [-0.2, -0.15) is 0 Å². The summed E-state index contributed by atoms with van der Waals surface area (Å²) in [5, 5.41) is 9.61. The Kier molecular flexibility index (Phi) is 3.64. The van der Waals surface area contributed by atoms with Gasteiger partial charge in [0.2, 0.25) is 5.91 Å². The number of nitrogens with two attached hydrogens (primary N) is 1. The first-order valence-corrected chi connectivity index (χ1v) is 5.95. The second kappa shape index (κ2) is 5.19. The summed E-state index contributed by atoms with van der Waals surface area (Å²) >= 11 is 0. The van der Waals surface area contributed by atoms with Gasteiger partial charge in [0.1, 0.15) is 5.75 Å². The van der Waals surface area contributed by atoms with Crippen LogP contribution in [0.5, 0.6) is 5.75 Å². The quantitative estimate of drug-likeness (QED) is 0.810. The third-order valence-corrected chi connectivity index (χ3v) is 3.31. The van der Waals surface area contributed by atoms with Crippen molar-refractivity contribution in [2.24, 2.45) is 11.7 Å². The Hall–Kier alpha value is -1.55. The van der Waals surface area contributed by atoms with Crippen molar-refractivity contribution in [3.63, 3.8) is 0 Å². The van der Waals surface area contributed by atoms with Crippen molar-refractivity contribution in [1.82, 2.24) is 4.90 Å². The summed E-state index contributed by atoms with van der Waals surface area (Å²) in [6.45, 7) is 2.18. The smallest absolute Gasteiger partial charge is 0.227 e. The number of benzene rings is 1. The Morgan fingerprint density at radius 1 is 1.47 bits per heavy atom. The Morgan fingerprint density at radius 3 is 2.88 bits per heavy atom. The molecule has 17 heavy (non-hydrogen) atoms. The predicted octanol–water partition coefficient (Wildman–Crippen LogP) is 0.742. The Labute approximate surface area is 101 Å². The molecule has 0 spiro atoms. The number of rotatable bonds is 3. The number of likely N-dealkylation sites (tertiary alicyclic amines) is 1. The summed E-state index contributed by atoms with van der Waals surface area (Å²) in [6, 6.07) is 6.97. The number of nitrogens with zero attached hydrogens (tertiary/aromatic N) is 1. The maximum atomic E-state index is 12.0. The first kappa shape index (κ1) is 11.9. The Balaban J connectivity index is 1.96. The molecular formula is C13H18N2O2. The van der Waals surface area contributed by atoms with E-state index in [1.807, 2.05) is 11.0 Å². The van der Waals surface area contributed by atoms with E-state index in [0.29, 0.717) is 18.0 Å². The number of carbonyl (C=O) groups excluding carboxylic acids is 1. The number of phenolic OH excluding ortho intramolecular Hbond substituents is 1. The molecule has 1 saturated heterocycles. The van der Waals surface area contributed by atoms with Gasteiger partial charge in [-0.3, -0.25) is 4.79 Å². The number of aromatic hydroxyl groups is 1. The molecule has 3 N–H and O–H groups in total. The minimum absolute atomic E-state index is 0.0717. The van der Waals surface area contributed by atoms with Crippen molar-refractivity contribution in [1.29, 1.82) is 0 Å². The van der Waals surface area contributed by atoms with E-state index < -0.39 is 0 Å². The van der Waals surface area contributed by atoms with Gasteiger partial charge in [-0.25, -0.2) is 0 Å². The fourth-order valence-corrected chi connectivity index (χ4v) is 2.19. The summed E-state index contributed by atoms with van der Waals surface area (Å²) in [4.78, 5) is 13.8. The third-order valence-electron chi connectivity index (χ3n) is 3.31. The lowest BCUT2D eigenvalue weighted by molar-refractivity contribution is -0.129. The summed E-state index contributed by atoms with van der Waals surface area (Å²) in [5.41, 5.74) is 6.28. The molecule has 0 aliphatic carbocycles. The number of amides is 1. The van der Waals surface area contributed by atoms with Crippen molar-refractivity contribution in [3.05, 3.63) is 29.8 Å². The minimum atomic E-state index is 0.0717. The van der Waals surface area contributed by atoms with E-state index in [-0.39, 0.29) is 18.1 Å². The van der Waals surface area contributed by atoms with E-state index in [9.17, 15) is 9.90 Å². The molecule has 1 atom stereocenters. The zero-order valence-electron chi connectivity index (χ0n) is 9.80. The maximum absolute atomic E-state index is 12.0. The Morgan fingerprint density at radius 2 is 2.24 bits per heavy atom. The van der Waals surface area contributed by atoms with Gasteiger partial charge in [0, 0.05) is 18.7 Å². The van der Waals surface area contributed by atoms with Gasteiger partial charge < -0.3 is 15.7 Å². The highest BCUT2D eigenvalue weighted by atomic mass is 16.3. The number of carbonyl (C=O) groups is 1. The summed E-state index contributed by atoms with van der Waals surface area (Å²) in [5.74, 6) is 0.696. The number of phenols is 1. The molecule has 92 valence electrons. The van der Waals surface area contributed by atoms with Crippen LogP contribution in [0.2, 0.25) is 0 Å². The molecule has 4 heteroatoms. The molecule has 0 aromatic heterocycles. The fraction of sp³-hybridized carbons (Fsp3) is 0.462. The minimum Gasteiger partial charge on any atom is -0.508 e. The summed E-state index contributed by atoms with van der Waals surface area (Å²) in [7, 11) is 0. The lowest BCUT2D eigenvalue weighted by Gasteiger charge is -2.16. The van der Waals surface area contributed by atoms with Gasteiger partial charge in [0.15, 0.2) is 0 Å². The van der Waals surface area contributed by atoms with Gasteiger partial charge in [-0.15, -0.1) is 0 Å². The van der Waals surface area contributed by atoms with Crippen LogP contribution in [0, 0.1) is 5.92 Å². The summed E-state index contributed by atoms with van der Waals surface area (Å²) < 4.78 is 0. The van der Waals surface area contributed by atoms with Crippen molar-refractivity contribution < 1.29 is 9.90 Å². The predicted molar refractivity (Wildman–Crippen MR) is 65.6 cm³/mol. The topological polar surface area (TPSA) is 66.6 Å². The van der Waals surface area contributed by atoms with Crippen LogP contribution in [-0.4, -0.2) is 35.5 Å². The number of hydrogen-bond acceptors (Lipinski definition) is 3. The average molecular weight is 234 g/mol. The third kappa shape index (κ3) is 2.77. The molecule has 1 aliphatic heterocycles. The zero-order chi connectivity index (χ0) is 12.3. The molecule has 1 fully saturated rings. The molecular weight excluding hydrogens is 216 g/mol. The highest BCUT2D eigenvalue weighted by molar-refractivity contribution is 5.79. The first-order valence-electron chi connectivity index (χ1n) is 5.95. The van der Waals surface area contributed by atoms with Gasteiger partial charge in [-0.1, -0.05) is 18.2 Å². The average Bonchev–Trinajstić information content (AvgIpc) is 2.81. The standard InChI is InChI=1S/C13H18N2O2/c14-8-10-5-6-15(9-10)13(17)7-11-3-1-2-4-12(11)16/h1-4,10,16H,5-9,14H2. The molecule has 1 aromatic rings. The molecule has 0 bridgehead atoms. The van der Waals surface area contributed by atoms with Crippen molar-refractivity contribution in [2.75, 3.05) is 19.6 Å². The number of hydrogen-bond donors (Lipinski definition) is 2. The van der Waals surface area contributed by atoms with Crippen LogP contribution in [0.3, 0.4) is 0 Å². The molecule has 1 aromatic carbocycles. The molecule has 1 amide bonds. The van der Waals surface area contributed by atoms with Crippen molar-refractivity contribution >= 4 is 5.91 Å². The van der Waals surface area contributed by atoms with Crippen LogP contribution >= 0.6 is 0 Å². The molecule has 1 heterocycles. The molecule has 2 rings (SSSR count). The van der Waals surface area contributed by atoms with Crippen LogP contribution in [0.15, 0.2) is 24.3 Å². The van der Waals surface area contributed by atoms with Crippen molar-refractivity contribution in [2.45, 2.75) is 12.8 Å². The second-order valence-corrected chi connectivity index (χ2v) is 4.54.